The van der Waals surface area contributed by atoms with E-state index in [1.54, 1.807) is 0 Å². The van der Waals surface area contributed by atoms with Gasteiger partial charge >= 0.3 is 5.97 Å². The van der Waals surface area contributed by atoms with E-state index in [1.165, 1.54) is 0 Å². The molecule has 1 aliphatic heterocycles. The van der Waals surface area contributed by atoms with Crippen molar-refractivity contribution in [3.8, 4) is 0 Å². The number of hydrogen-bond donors (Lipinski definition) is 1. The van der Waals surface area contributed by atoms with Gasteiger partial charge in [0.15, 0.2) is 0 Å². The quantitative estimate of drug-likeness (QED) is 0.727. The summed E-state index contributed by atoms with van der Waals surface area (Å²) < 4.78 is 5.13. The highest BCUT2D eigenvalue weighted by Gasteiger charge is 2.25. The fraction of sp³-hybridized carbons (Fsp3) is 0.364. The van der Waals surface area contributed by atoms with Crippen LogP contribution < -0.4 is 5.32 Å². The normalized spacial score (nSPS) is 19.9. The Bertz CT molecular complexity index is 306. The largest absolute Gasteiger partial charge is 0.460 e. The van der Waals surface area contributed by atoms with Crippen LogP contribution in [0.1, 0.15) is 12.0 Å². The molecule has 74 valence electrons. The second-order valence-electron chi connectivity index (χ2n) is 3.39. The van der Waals surface area contributed by atoms with E-state index in [1.807, 2.05) is 30.3 Å². The molecule has 1 N–H and O–H groups in total. The molecule has 0 radical (unpaired) electrons. The lowest BCUT2D eigenvalue weighted by Crippen LogP contribution is -2.49. The Morgan fingerprint density at radius 2 is 2.14 bits per heavy atom. The maximum atomic E-state index is 11.3. The van der Waals surface area contributed by atoms with Crippen LogP contribution in [0, 0.1) is 0 Å². The van der Waals surface area contributed by atoms with Crippen LogP contribution in [0.3, 0.4) is 0 Å². The van der Waals surface area contributed by atoms with Crippen LogP contribution in [-0.2, 0) is 16.1 Å². The first-order chi connectivity index (χ1) is 6.86. The molecule has 14 heavy (non-hydrogen) atoms. The molecule has 2 rings (SSSR count). The number of ether oxygens (including phenoxy) is 1. The van der Waals surface area contributed by atoms with E-state index < -0.39 is 0 Å². The minimum absolute atomic E-state index is 0.0706. The average Bonchev–Trinajstić information content (AvgIpc) is 2.14. The minimum Gasteiger partial charge on any atom is -0.460 e. The molecule has 0 bridgehead atoms. The zero-order chi connectivity index (χ0) is 9.80. The smallest absolute Gasteiger partial charge is 0.323 e. The average molecular weight is 191 g/mol. The molecular weight excluding hydrogens is 178 g/mol. The highest BCUT2D eigenvalue weighted by atomic mass is 16.5. The summed E-state index contributed by atoms with van der Waals surface area (Å²) in [7, 11) is 0. The number of carbonyl (C=O) groups excluding carboxylic acids is 1. The Labute approximate surface area is 83.1 Å². The molecule has 0 spiro atoms. The Hall–Kier alpha value is -1.35. The van der Waals surface area contributed by atoms with Gasteiger partial charge in [0, 0.05) is 0 Å². The van der Waals surface area contributed by atoms with Crippen molar-refractivity contribution in [3.05, 3.63) is 35.9 Å². The van der Waals surface area contributed by atoms with Crippen molar-refractivity contribution in [2.75, 3.05) is 6.54 Å². The number of rotatable bonds is 3. The highest BCUT2D eigenvalue weighted by molar-refractivity contribution is 5.76. The van der Waals surface area contributed by atoms with Gasteiger partial charge < -0.3 is 10.1 Å². The molecule has 1 saturated heterocycles. The zero-order valence-corrected chi connectivity index (χ0v) is 7.90. The summed E-state index contributed by atoms with van der Waals surface area (Å²) in [6, 6.07) is 9.64. The Kier molecular flexibility index (Phi) is 2.79. The first-order valence-corrected chi connectivity index (χ1v) is 4.80. The van der Waals surface area contributed by atoms with Gasteiger partial charge in [-0.25, -0.2) is 0 Å². The molecule has 1 aromatic carbocycles. The Morgan fingerprint density at radius 3 is 2.71 bits per heavy atom. The van der Waals surface area contributed by atoms with E-state index >= 15 is 0 Å². The van der Waals surface area contributed by atoms with Gasteiger partial charge in [0.05, 0.1) is 0 Å². The molecule has 1 fully saturated rings. The molecule has 1 atom stereocenters. The highest BCUT2D eigenvalue weighted by Crippen LogP contribution is 2.06. The standard InChI is InChI=1S/C11H13NO2/c13-11(10-6-7-12-10)14-8-9-4-2-1-3-5-9/h1-5,10,12H,6-8H2/t10-/m0/s1. The van der Waals surface area contributed by atoms with Crippen LogP contribution >= 0.6 is 0 Å². The SMILES string of the molecule is O=C(OCc1ccccc1)[C@@H]1CCN1. The third kappa shape index (κ3) is 2.12. The van der Waals surface area contributed by atoms with Gasteiger partial charge in [0.1, 0.15) is 12.6 Å². The van der Waals surface area contributed by atoms with Crippen molar-refractivity contribution in [3.63, 3.8) is 0 Å². The van der Waals surface area contributed by atoms with Crippen molar-refractivity contribution in [2.24, 2.45) is 0 Å². The van der Waals surface area contributed by atoms with E-state index in [2.05, 4.69) is 5.32 Å². The summed E-state index contributed by atoms with van der Waals surface area (Å²) >= 11 is 0. The fourth-order valence-corrected chi connectivity index (χ4v) is 1.32. The first-order valence-electron chi connectivity index (χ1n) is 4.80. The summed E-state index contributed by atoms with van der Waals surface area (Å²) in [4.78, 5) is 11.3. The number of esters is 1. The van der Waals surface area contributed by atoms with Gasteiger partial charge in [0.2, 0.25) is 0 Å². The summed E-state index contributed by atoms with van der Waals surface area (Å²) in [6.07, 6.45) is 0.896. The summed E-state index contributed by atoms with van der Waals surface area (Å²) in [6.45, 7) is 1.29. The third-order valence-corrected chi connectivity index (χ3v) is 2.33. The summed E-state index contributed by atoms with van der Waals surface area (Å²) in [5.74, 6) is -0.139. The maximum absolute atomic E-state index is 11.3. The van der Waals surface area contributed by atoms with E-state index in [-0.39, 0.29) is 12.0 Å². The molecular formula is C11H13NO2. The molecule has 1 aliphatic rings. The second-order valence-corrected chi connectivity index (χ2v) is 3.39. The lowest BCUT2D eigenvalue weighted by Gasteiger charge is -2.25. The zero-order valence-electron chi connectivity index (χ0n) is 7.90. The lowest BCUT2D eigenvalue weighted by molar-refractivity contribution is -0.149. The summed E-state index contributed by atoms with van der Waals surface area (Å²) in [5.41, 5.74) is 1.03. The molecule has 0 unspecified atom stereocenters. The van der Waals surface area contributed by atoms with Crippen LogP contribution in [0.2, 0.25) is 0 Å². The Balaban J connectivity index is 1.79. The van der Waals surface area contributed by atoms with Gasteiger partial charge in [-0.2, -0.15) is 0 Å². The number of benzene rings is 1. The Morgan fingerprint density at radius 1 is 1.43 bits per heavy atom. The third-order valence-electron chi connectivity index (χ3n) is 2.33. The van der Waals surface area contributed by atoms with Gasteiger partial charge in [-0.3, -0.25) is 4.79 Å². The van der Waals surface area contributed by atoms with Crippen molar-refractivity contribution < 1.29 is 9.53 Å². The molecule has 0 saturated carbocycles. The van der Waals surface area contributed by atoms with Gasteiger partial charge in [0.25, 0.3) is 0 Å². The molecule has 0 aromatic heterocycles. The molecule has 1 heterocycles. The van der Waals surface area contributed by atoms with E-state index in [0.29, 0.717) is 6.61 Å². The molecule has 0 aliphatic carbocycles. The number of hydrogen-bond acceptors (Lipinski definition) is 3. The van der Waals surface area contributed by atoms with Crippen LogP contribution in [0.25, 0.3) is 0 Å². The molecule has 0 amide bonds. The predicted molar refractivity (Wildman–Crippen MR) is 52.6 cm³/mol. The second kappa shape index (κ2) is 4.24. The maximum Gasteiger partial charge on any atom is 0.323 e. The minimum atomic E-state index is -0.139. The van der Waals surface area contributed by atoms with E-state index in [9.17, 15) is 4.79 Å². The topological polar surface area (TPSA) is 38.3 Å². The molecule has 3 heteroatoms. The lowest BCUT2D eigenvalue weighted by atomic mass is 10.1. The van der Waals surface area contributed by atoms with Crippen LogP contribution in [-0.4, -0.2) is 18.6 Å². The van der Waals surface area contributed by atoms with Crippen molar-refractivity contribution >= 4 is 5.97 Å². The van der Waals surface area contributed by atoms with Gasteiger partial charge in [-0.05, 0) is 18.5 Å². The summed E-state index contributed by atoms with van der Waals surface area (Å²) in [5, 5.41) is 3.01. The van der Waals surface area contributed by atoms with Crippen molar-refractivity contribution in [2.45, 2.75) is 19.1 Å². The van der Waals surface area contributed by atoms with Crippen molar-refractivity contribution in [1.29, 1.82) is 0 Å². The fourth-order valence-electron chi connectivity index (χ4n) is 1.32. The van der Waals surface area contributed by atoms with E-state index in [4.69, 9.17) is 4.74 Å². The number of carbonyl (C=O) groups is 1. The van der Waals surface area contributed by atoms with Crippen LogP contribution in [0.15, 0.2) is 30.3 Å². The van der Waals surface area contributed by atoms with Crippen LogP contribution in [0.5, 0.6) is 0 Å². The monoisotopic (exact) mass is 191 g/mol. The first kappa shape index (κ1) is 9.21. The number of nitrogens with one attached hydrogen (secondary N) is 1. The van der Waals surface area contributed by atoms with Gasteiger partial charge in [-0.15, -0.1) is 0 Å². The van der Waals surface area contributed by atoms with Crippen molar-refractivity contribution in [1.82, 2.24) is 5.32 Å². The molecule has 3 nitrogen and oxygen atoms in total. The molecule has 1 aromatic rings. The predicted octanol–water partition coefficient (Wildman–Crippen LogP) is 1.09. The van der Waals surface area contributed by atoms with Gasteiger partial charge in [-0.1, -0.05) is 30.3 Å². The van der Waals surface area contributed by atoms with E-state index in [0.717, 1.165) is 18.5 Å². The van der Waals surface area contributed by atoms with Crippen LogP contribution in [0.4, 0.5) is 0 Å².